The van der Waals surface area contributed by atoms with E-state index in [0.29, 0.717) is 43.2 Å². The van der Waals surface area contributed by atoms with Crippen molar-refractivity contribution in [3.63, 3.8) is 0 Å². The Morgan fingerprint density at radius 3 is 2.49 bits per heavy atom. The fourth-order valence-electron chi connectivity index (χ4n) is 4.03. The van der Waals surface area contributed by atoms with Crippen molar-refractivity contribution in [3.05, 3.63) is 40.9 Å². The van der Waals surface area contributed by atoms with Gasteiger partial charge in [0.2, 0.25) is 10.0 Å². The molecule has 0 radical (unpaired) electrons. The second kappa shape index (κ2) is 11.6. The summed E-state index contributed by atoms with van der Waals surface area (Å²) in [5, 5.41) is 7.37. The number of nitrogens with one attached hydrogen (secondary N) is 2. The number of methoxy groups -OCH3 is 1. The first-order chi connectivity index (χ1) is 16.8. The second-order valence-electron chi connectivity index (χ2n) is 8.60. The minimum atomic E-state index is -3.70. The molecular formula is C23H30N4O6S2. The van der Waals surface area contributed by atoms with Crippen molar-refractivity contribution in [1.82, 2.24) is 9.71 Å². The van der Waals surface area contributed by atoms with E-state index >= 15 is 0 Å². The van der Waals surface area contributed by atoms with Gasteiger partial charge >= 0.3 is 0 Å². The number of ether oxygens (including phenoxy) is 2. The van der Waals surface area contributed by atoms with Gasteiger partial charge in [-0.3, -0.25) is 10.1 Å². The third kappa shape index (κ3) is 6.85. The predicted molar refractivity (Wildman–Crippen MR) is 132 cm³/mol. The van der Waals surface area contributed by atoms with Crippen LogP contribution in [0.25, 0.3) is 0 Å². The van der Waals surface area contributed by atoms with Gasteiger partial charge in [-0.05, 0) is 44.7 Å². The van der Waals surface area contributed by atoms with Crippen LogP contribution < -0.4 is 10.0 Å². The number of carbonyl (C=O) groups is 1. The van der Waals surface area contributed by atoms with Crippen LogP contribution in [0.4, 0.5) is 5.13 Å². The van der Waals surface area contributed by atoms with E-state index in [1.165, 1.54) is 23.5 Å². The minimum Gasteiger partial charge on any atom is -0.392 e. The summed E-state index contributed by atoms with van der Waals surface area (Å²) in [5.41, 5.74) is 0.474. The van der Waals surface area contributed by atoms with Gasteiger partial charge in [0, 0.05) is 49.4 Å². The summed E-state index contributed by atoms with van der Waals surface area (Å²) in [4.78, 5) is 24.0. The lowest BCUT2D eigenvalue weighted by Crippen LogP contribution is -2.38. The number of sulfonamides is 1. The molecule has 2 N–H and O–H groups in total. The van der Waals surface area contributed by atoms with Gasteiger partial charge < -0.3 is 14.3 Å². The maximum absolute atomic E-state index is 13.1. The van der Waals surface area contributed by atoms with E-state index in [1.807, 2.05) is 6.92 Å². The van der Waals surface area contributed by atoms with E-state index in [-0.39, 0.29) is 28.9 Å². The quantitative estimate of drug-likeness (QED) is 0.383. The Balaban J connectivity index is 1.52. The number of oxime groups is 1. The molecule has 2 fully saturated rings. The highest BCUT2D eigenvalue weighted by Gasteiger charge is 2.27. The van der Waals surface area contributed by atoms with Crippen LogP contribution >= 0.6 is 11.3 Å². The zero-order chi connectivity index (χ0) is 24.8. The first-order valence-corrected chi connectivity index (χ1v) is 13.8. The molecule has 12 heteroatoms. The monoisotopic (exact) mass is 522 g/mol. The number of benzene rings is 1. The van der Waals surface area contributed by atoms with Crippen LogP contribution in [0.2, 0.25) is 0 Å². The fourth-order valence-corrected chi connectivity index (χ4v) is 5.99. The standard InChI is InChI=1S/C23H30N4O6S2/c1-15-14-24-23(34-15)25-22(28)21(26-33-19-6-5-18(13-19)31-2)16-3-7-20(8-4-16)35(29,30)27-17-9-11-32-12-10-17/h3-4,7-8,14,17-19,27H,5-6,9-13H2,1-2H3,(H,24,25,28)/t18-,19-/m1/s1. The van der Waals surface area contributed by atoms with E-state index in [2.05, 4.69) is 20.2 Å². The molecule has 190 valence electrons. The van der Waals surface area contributed by atoms with Gasteiger partial charge in [0.25, 0.3) is 5.91 Å². The molecule has 1 saturated heterocycles. The van der Waals surface area contributed by atoms with E-state index in [1.54, 1.807) is 25.4 Å². The third-order valence-corrected chi connectivity index (χ3v) is 8.37. The maximum Gasteiger partial charge on any atom is 0.280 e. The number of amides is 1. The molecule has 4 rings (SSSR count). The molecule has 0 bridgehead atoms. The van der Waals surface area contributed by atoms with E-state index in [0.717, 1.165) is 17.7 Å². The van der Waals surface area contributed by atoms with Crippen molar-refractivity contribution >= 4 is 38.1 Å². The third-order valence-electron chi connectivity index (χ3n) is 6.00. The average Bonchev–Trinajstić information content (AvgIpc) is 3.48. The molecule has 0 unspecified atom stereocenters. The number of rotatable bonds is 9. The average molecular weight is 523 g/mol. The Labute approximate surface area is 209 Å². The molecule has 2 aliphatic rings. The summed E-state index contributed by atoms with van der Waals surface area (Å²) in [6.07, 6.45) is 5.21. The summed E-state index contributed by atoms with van der Waals surface area (Å²) in [5.74, 6) is -0.489. The molecule has 0 spiro atoms. The normalized spacial score (nSPS) is 21.7. The number of hydrogen-bond donors (Lipinski definition) is 2. The van der Waals surface area contributed by atoms with Crippen molar-refractivity contribution in [3.8, 4) is 0 Å². The summed E-state index contributed by atoms with van der Waals surface area (Å²) in [6, 6.07) is 5.88. The number of aromatic nitrogens is 1. The second-order valence-corrected chi connectivity index (χ2v) is 11.5. The zero-order valence-corrected chi connectivity index (χ0v) is 21.4. The maximum atomic E-state index is 13.1. The minimum absolute atomic E-state index is 0.0417. The van der Waals surface area contributed by atoms with E-state index in [9.17, 15) is 13.2 Å². The molecule has 2 atom stereocenters. The van der Waals surface area contributed by atoms with Gasteiger partial charge in [-0.15, -0.1) is 11.3 Å². The Bertz CT molecular complexity index is 1140. The van der Waals surface area contributed by atoms with Crippen LogP contribution in [-0.2, 0) is 29.1 Å². The molecule has 2 heterocycles. The van der Waals surface area contributed by atoms with Crippen LogP contribution in [0.5, 0.6) is 0 Å². The SMILES string of the molecule is CO[C@@H]1CC[C@@H](ON=C(C(=O)Nc2ncc(C)s2)c2ccc(S(=O)(=O)NC3CCOCC3)cc2)C1. The highest BCUT2D eigenvalue weighted by molar-refractivity contribution is 7.89. The van der Waals surface area contributed by atoms with Gasteiger partial charge in [0.05, 0.1) is 11.0 Å². The lowest BCUT2D eigenvalue weighted by atomic mass is 10.1. The number of thiazole rings is 1. The summed E-state index contributed by atoms with van der Waals surface area (Å²) < 4.78 is 39.0. The van der Waals surface area contributed by atoms with Gasteiger partial charge in [-0.2, -0.15) is 0 Å². The van der Waals surface area contributed by atoms with Gasteiger partial charge in [-0.25, -0.2) is 18.1 Å². The smallest absolute Gasteiger partial charge is 0.280 e. The molecule has 1 aromatic heterocycles. The number of nitrogens with zero attached hydrogens (tertiary/aromatic N) is 2. The lowest BCUT2D eigenvalue weighted by Gasteiger charge is -2.23. The number of carbonyl (C=O) groups excluding carboxylic acids is 1. The van der Waals surface area contributed by atoms with Gasteiger partial charge in [0.15, 0.2) is 10.8 Å². The van der Waals surface area contributed by atoms with Crippen molar-refractivity contribution in [1.29, 1.82) is 0 Å². The first kappa shape index (κ1) is 25.7. The first-order valence-electron chi connectivity index (χ1n) is 11.5. The Kier molecular flexibility index (Phi) is 8.50. The summed E-state index contributed by atoms with van der Waals surface area (Å²) >= 11 is 1.35. The summed E-state index contributed by atoms with van der Waals surface area (Å²) in [7, 11) is -2.04. The predicted octanol–water partition coefficient (Wildman–Crippen LogP) is 2.84. The van der Waals surface area contributed by atoms with Crippen molar-refractivity contribution < 1.29 is 27.5 Å². The summed E-state index contributed by atoms with van der Waals surface area (Å²) in [6.45, 7) is 2.96. The highest BCUT2D eigenvalue weighted by atomic mass is 32.2. The Hall–Kier alpha value is -2.38. The van der Waals surface area contributed by atoms with Crippen LogP contribution in [0.3, 0.4) is 0 Å². The van der Waals surface area contributed by atoms with E-state index < -0.39 is 15.9 Å². The molecule has 1 aliphatic carbocycles. The van der Waals surface area contributed by atoms with E-state index in [4.69, 9.17) is 14.3 Å². The van der Waals surface area contributed by atoms with Crippen LogP contribution in [0.1, 0.15) is 42.5 Å². The molecule has 1 saturated carbocycles. The Morgan fingerprint density at radius 2 is 1.86 bits per heavy atom. The molecule has 10 nitrogen and oxygen atoms in total. The largest absolute Gasteiger partial charge is 0.392 e. The van der Waals surface area contributed by atoms with Crippen LogP contribution in [0.15, 0.2) is 40.5 Å². The van der Waals surface area contributed by atoms with Crippen LogP contribution in [-0.4, -0.2) is 63.6 Å². The number of aryl methyl sites for hydroxylation is 1. The highest BCUT2D eigenvalue weighted by Crippen LogP contribution is 2.25. The van der Waals surface area contributed by atoms with Crippen LogP contribution in [0, 0.1) is 6.92 Å². The van der Waals surface area contributed by atoms with Crippen molar-refractivity contribution in [2.75, 3.05) is 25.6 Å². The van der Waals surface area contributed by atoms with Gasteiger partial charge in [-0.1, -0.05) is 17.3 Å². The Morgan fingerprint density at radius 1 is 1.14 bits per heavy atom. The topological polar surface area (TPSA) is 128 Å². The number of anilines is 1. The number of hydrogen-bond acceptors (Lipinski definition) is 9. The van der Waals surface area contributed by atoms with Crippen molar-refractivity contribution in [2.24, 2.45) is 5.16 Å². The molecule has 2 aromatic rings. The molecule has 1 aromatic carbocycles. The molecule has 1 amide bonds. The fraction of sp³-hybridized carbons (Fsp3) is 0.522. The lowest BCUT2D eigenvalue weighted by molar-refractivity contribution is -0.110. The molecule has 1 aliphatic heterocycles. The molecule has 35 heavy (non-hydrogen) atoms. The molecular weight excluding hydrogens is 492 g/mol. The van der Waals surface area contributed by atoms with Gasteiger partial charge in [0.1, 0.15) is 6.10 Å². The zero-order valence-electron chi connectivity index (χ0n) is 19.7. The van der Waals surface area contributed by atoms with Crippen molar-refractivity contribution in [2.45, 2.75) is 62.2 Å².